The molecule has 0 aliphatic carbocycles. The summed E-state index contributed by atoms with van der Waals surface area (Å²) in [5, 5.41) is 12.1. The van der Waals surface area contributed by atoms with Gasteiger partial charge in [0.25, 0.3) is 0 Å². The molecular weight excluding hydrogens is 500 g/mol. The number of nitriles is 1. The Morgan fingerprint density at radius 2 is 1.10 bits per heavy atom. The van der Waals surface area contributed by atoms with Crippen LogP contribution in [0.5, 0.6) is 0 Å². The van der Waals surface area contributed by atoms with Crippen molar-refractivity contribution in [2.24, 2.45) is 7.05 Å². The Morgan fingerprint density at radius 1 is 0.561 bits per heavy atom. The van der Waals surface area contributed by atoms with Gasteiger partial charge >= 0.3 is 0 Å². The summed E-state index contributed by atoms with van der Waals surface area (Å²) in [5.74, 6) is 0. The molecule has 0 atom stereocenters. The second-order valence-corrected chi connectivity index (χ2v) is 10.4. The van der Waals surface area contributed by atoms with E-state index < -0.39 is 0 Å². The van der Waals surface area contributed by atoms with Gasteiger partial charge in [-0.05, 0) is 58.5 Å². The molecule has 0 saturated heterocycles. The molecule has 194 valence electrons. The van der Waals surface area contributed by atoms with Gasteiger partial charge in [0.15, 0.2) is 6.20 Å². The minimum absolute atomic E-state index is 0.597. The smallest absolute Gasteiger partial charge is 0.216 e. The fourth-order valence-electron chi connectivity index (χ4n) is 5.80. The van der Waals surface area contributed by atoms with E-state index in [4.69, 9.17) is 4.42 Å². The first-order valence-electron chi connectivity index (χ1n) is 13.7. The molecule has 0 radical (unpaired) electrons. The summed E-state index contributed by atoms with van der Waals surface area (Å²) in [6, 6.07) is 44.2. The van der Waals surface area contributed by atoms with Crippen LogP contribution in [0.25, 0.3) is 66.6 Å². The van der Waals surface area contributed by atoms with Crippen LogP contribution in [0.1, 0.15) is 11.1 Å². The summed E-state index contributed by atoms with van der Waals surface area (Å²) in [4.78, 5) is 0. The number of hydrogen-bond donors (Lipinski definition) is 0. The first-order valence-corrected chi connectivity index (χ1v) is 13.7. The summed E-state index contributed by atoms with van der Waals surface area (Å²) in [6.45, 7) is 2.11. The van der Waals surface area contributed by atoms with Gasteiger partial charge in [0, 0.05) is 28.5 Å². The minimum Gasteiger partial charge on any atom is -0.454 e. The molecule has 0 bridgehead atoms. The molecule has 7 rings (SSSR count). The van der Waals surface area contributed by atoms with Crippen LogP contribution < -0.4 is 4.57 Å². The van der Waals surface area contributed by atoms with E-state index in [1.807, 2.05) is 43.6 Å². The van der Waals surface area contributed by atoms with Crippen molar-refractivity contribution in [3.8, 4) is 50.7 Å². The first kappa shape index (κ1) is 24.6. The summed E-state index contributed by atoms with van der Waals surface area (Å²) in [7, 11) is 2.05. The molecule has 0 unspecified atom stereocenters. The number of aromatic nitrogens is 1. The maximum Gasteiger partial charge on any atom is 0.216 e. The Kier molecular flexibility index (Phi) is 5.95. The van der Waals surface area contributed by atoms with Crippen molar-refractivity contribution < 1.29 is 8.98 Å². The van der Waals surface area contributed by atoms with Gasteiger partial charge in [-0.3, -0.25) is 0 Å². The van der Waals surface area contributed by atoms with E-state index in [1.165, 1.54) is 11.1 Å². The van der Waals surface area contributed by atoms with Crippen LogP contribution in [0, 0.1) is 18.3 Å². The highest BCUT2D eigenvalue weighted by atomic mass is 16.3. The van der Waals surface area contributed by atoms with Crippen LogP contribution in [-0.2, 0) is 7.05 Å². The van der Waals surface area contributed by atoms with Crippen LogP contribution >= 0.6 is 0 Å². The van der Waals surface area contributed by atoms with E-state index in [0.717, 1.165) is 61.0 Å². The average molecular weight is 528 g/mol. The number of aryl methyl sites for hydroxylation is 2. The van der Waals surface area contributed by atoms with Crippen molar-refractivity contribution in [1.82, 2.24) is 0 Å². The number of furan rings is 1. The highest BCUT2D eigenvalue weighted by Crippen LogP contribution is 2.42. The van der Waals surface area contributed by atoms with Gasteiger partial charge in [-0.15, -0.1) is 0 Å². The van der Waals surface area contributed by atoms with Crippen molar-refractivity contribution in [3.63, 3.8) is 0 Å². The molecule has 41 heavy (non-hydrogen) atoms. The van der Waals surface area contributed by atoms with Crippen molar-refractivity contribution in [1.29, 1.82) is 5.26 Å². The number of rotatable bonds is 4. The Labute approximate surface area is 239 Å². The molecule has 0 amide bonds. The van der Waals surface area contributed by atoms with Crippen molar-refractivity contribution in [3.05, 3.63) is 139 Å². The van der Waals surface area contributed by atoms with Crippen molar-refractivity contribution in [2.75, 3.05) is 0 Å². The zero-order valence-electron chi connectivity index (χ0n) is 22.9. The van der Waals surface area contributed by atoms with Crippen LogP contribution in [-0.4, -0.2) is 0 Å². The van der Waals surface area contributed by atoms with Crippen LogP contribution in [0.3, 0.4) is 0 Å². The summed E-state index contributed by atoms with van der Waals surface area (Å²) in [6.07, 6.45) is 2.05. The summed E-state index contributed by atoms with van der Waals surface area (Å²) in [5.41, 5.74) is 11.9. The lowest BCUT2D eigenvalue weighted by Gasteiger charge is -2.08. The largest absolute Gasteiger partial charge is 0.454 e. The number of nitrogens with zero attached hydrogens (tertiary/aromatic N) is 2. The third-order valence-electron chi connectivity index (χ3n) is 7.95. The van der Waals surface area contributed by atoms with E-state index >= 15 is 0 Å². The molecule has 3 nitrogen and oxygen atoms in total. The van der Waals surface area contributed by atoms with E-state index in [9.17, 15) is 5.26 Å². The van der Waals surface area contributed by atoms with Gasteiger partial charge in [0.1, 0.15) is 18.2 Å². The Hall–Kier alpha value is -5.46. The zero-order valence-corrected chi connectivity index (χ0v) is 22.9. The maximum atomic E-state index is 10.1. The summed E-state index contributed by atoms with van der Waals surface area (Å²) >= 11 is 0. The Balaban J connectivity index is 1.34. The van der Waals surface area contributed by atoms with Gasteiger partial charge in [0.05, 0.1) is 17.2 Å². The summed E-state index contributed by atoms with van der Waals surface area (Å²) < 4.78 is 8.82. The normalized spacial score (nSPS) is 11.1. The fraction of sp³-hybridized carbons (Fsp3) is 0.0526. The van der Waals surface area contributed by atoms with Gasteiger partial charge in [-0.2, -0.15) is 5.26 Å². The highest BCUT2D eigenvalue weighted by Gasteiger charge is 2.22. The van der Waals surface area contributed by atoms with Crippen molar-refractivity contribution >= 4 is 21.9 Å². The topological polar surface area (TPSA) is 40.8 Å². The average Bonchev–Trinajstić information content (AvgIpc) is 3.40. The lowest BCUT2D eigenvalue weighted by Crippen LogP contribution is -2.30. The van der Waals surface area contributed by atoms with Crippen LogP contribution in [0.15, 0.2) is 132 Å². The molecular formula is C38H27N2O+. The van der Waals surface area contributed by atoms with E-state index in [0.29, 0.717) is 5.56 Å². The molecule has 0 fully saturated rings. The first-order chi connectivity index (χ1) is 20.1. The molecule has 0 N–H and O–H groups in total. The van der Waals surface area contributed by atoms with Gasteiger partial charge in [0.2, 0.25) is 5.69 Å². The second kappa shape index (κ2) is 9.93. The number of fused-ring (bicyclic) bond motifs is 3. The monoisotopic (exact) mass is 527 g/mol. The van der Waals surface area contributed by atoms with Crippen molar-refractivity contribution in [2.45, 2.75) is 6.92 Å². The van der Waals surface area contributed by atoms with E-state index in [2.05, 4.69) is 109 Å². The zero-order chi connectivity index (χ0) is 27.9. The predicted octanol–water partition coefficient (Wildman–Crippen LogP) is 9.26. The molecule has 0 aliphatic rings. The fourth-order valence-corrected chi connectivity index (χ4v) is 5.80. The van der Waals surface area contributed by atoms with E-state index in [1.54, 1.807) is 0 Å². The SMILES string of the molecule is Cc1ccc2c(oc3c(-c4ccc(-c5ccc(-c6ccccc6)cc5)cc4)c(C#N)ccc32)c1-c1cccc[n+]1C. The maximum absolute atomic E-state index is 10.1. The molecule has 7 aromatic rings. The molecule has 2 heterocycles. The molecule has 5 aromatic carbocycles. The molecule has 2 aromatic heterocycles. The third kappa shape index (κ3) is 4.18. The number of benzene rings is 5. The van der Waals surface area contributed by atoms with Gasteiger partial charge in [-0.1, -0.05) is 91.0 Å². The Bertz CT molecular complexity index is 2100. The quantitative estimate of drug-likeness (QED) is 0.214. The van der Waals surface area contributed by atoms with Crippen LogP contribution in [0.4, 0.5) is 0 Å². The standard InChI is InChI=1S/C38H27N2O/c1-25-11-21-32-33-22-20-31(24-39)36(38(33)41-37(32)35(25)34-10-6-7-23-40(34)2)30-18-16-29(17-19-30)28-14-12-27(13-15-28)26-8-4-3-5-9-26/h3-23H,1-2H3/q+1. The van der Waals surface area contributed by atoms with Gasteiger partial charge < -0.3 is 4.42 Å². The third-order valence-corrected chi connectivity index (χ3v) is 7.95. The van der Waals surface area contributed by atoms with E-state index in [-0.39, 0.29) is 0 Å². The lowest BCUT2D eigenvalue weighted by molar-refractivity contribution is -0.660. The number of pyridine rings is 1. The molecule has 0 aliphatic heterocycles. The number of hydrogen-bond acceptors (Lipinski definition) is 2. The predicted molar refractivity (Wildman–Crippen MR) is 166 cm³/mol. The van der Waals surface area contributed by atoms with Crippen LogP contribution in [0.2, 0.25) is 0 Å². The molecule has 0 spiro atoms. The Morgan fingerprint density at radius 3 is 1.71 bits per heavy atom. The molecule has 3 heteroatoms. The minimum atomic E-state index is 0.597. The second-order valence-electron chi connectivity index (χ2n) is 10.4. The highest BCUT2D eigenvalue weighted by molar-refractivity contribution is 6.14. The lowest BCUT2D eigenvalue weighted by atomic mass is 9.94. The van der Waals surface area contributed by atoms with Gasteiger partial charge in [-0.25, -0.2) is 4.57 Å². The molecule has 0 saturated carbocycles.